The van der Waals surface area contributed by atoms with Gasteiger partial charge in [0.25, 0.3) is 5.56 Å². The predicted molar refractivity (Wildman–Crippen MR) is 80.1 cm³/mol. The Morgan fingerprint density at radius 3 is 2.96 bits per heavy atom. The van der Waals surface area contributed by atoms with Crippen LogP contribution in [0.1, 0.15) is 37.5 Å². The minimum atomic E-state index is -0.580. The fourth-order valence-electron chi connectivity index (χ4n) is 2.99. The molecule has 2 aliphatic rings. The third-order valence-corrected chi connectivity index (χ3v) is 4.28. The van der Waals surface area contributed by atoms with E-state index in [2.05, 4.69) is 4.98 Å². The van der Waals surface area contributed by atoms with Crippen molar-refractivity contribution in [1.82, 2.24) is 9.55 Å². The lowest BCUT2D eigenvalue weighted by Crippen LogP contribution is -2.34. The van der Waals surface area contributed by atoms with Crippen molar-refractivity contribution in [3.05, 3.63) is 32.6 Å². The molecule has 1 aromatic heterocycles. The van der Waals surface area contributed by atoms with Gasteiger partial charge in [-0.05, 0) is 26.2 Å². The second-order valence-electron chi connectivity index (χ2n) is 6.00. The van der Waals surface area contributed by atoms with Gasteiger partial charge < -0.3 is 19.3 Å². The van der Waals surface area contributed by atoms with E-state index in [1.54, 1.807) is 6.92 Å². The number of aryl methyl sites for hydroxylation is 1. The number of H-pyrrole nitrogens is 1. The van der Waals surface area contributed by atoms with Crippen molar-refractivity contribution in [2.24, 2.45) is 0 Å². The molecule has 2 aliphatic heterocycles. The molecule has 2 fully saturated rings. The van der Waals surface area contributed by atoms with Gasteiger partial charge in [-0.15, -0.1) is 0 Å². The van der Waals surface area contributed by atoms with Gasteiger partial charge >= 0.3 is 5.69 Å². The summed E-state index contributed by atoms with van der Waals surface area (Å²) >= 11 is 0. The fourth-order valence-corrected chi connectivity index (χ4v) is 2.99. The van der Waals surface area contributed by atoms with Crippen molar-refractivity contribution in [3.8, 4) is 0 Å². The summed E-state index contributed by atoms with van der Waals surface area (Å²) in [6.45, 7) is 2.09. The smallest absolute Gasteiger partial charge is 0.330 e. The largest absolute Gasteiger partial charge is 0.394 e. The lowest BCUT2D eigenvalue weighted by molar-refractivity contribution is -0.199. The Kier molecular flexibility index (Phi) is 4.96. The topological polar surface area (TPSA) is 103 Å². The molecule has 0 saturated carbocycles. The number of aromatic amines is 1. The monoisotopic (exact) mass is 326 g/mol. The maximum Gasteiger partial charge on any atom is 0.330 e. The van der Waals surface area contributed by atoms with Crippen molar-refractivity contribution in [1.29, 1.82) is 0 Å². The van der Waals surface area contributed by atoms with Crippen molar-refractivity contribution in [2.75, 3.05) is 13.2 Å². The van der Waals surface area contributed by atoms with Crippen LogP contribution < -0.4 is 11.2 Å². The minimum Gasteiger partial charge on any atom is -0.394 e. The average molecular weight is 326 g/mol. The van der Waals surface area contributed by atoms with E-state index in [0.29, 0.717) is 18.6 Å². The van der Waals surface area contributed by atoms with Crippen molar-refractivity contribution in [2.45, 2.75) is 57.3 Å². The molecular formula is C15H22N2O6. The molecule has 0 spiro atoms. The summed E-state index contributed by atoms with van der Waals surface area (Å²) in [5.74, 6) is 0. The highest BCUT2D eigenvalue weighted by Gasteiger charge is 2.39. The van der Waals surface area contributed by atoms with Crippen LogP contribution in [0.25, 0.3) is 0 Å². The number of ether oxygens (including phenoxy) is 3. The van der Waals surface area contributed by atoms with Gasteiger partial charge in [0.1, 0.15) is 12.3 Å². The van der Waals surface area contributed by atoms with Gasteiger partial charge in [0.2, 0.25) is 0 Å². The van der Waals surface area contributed by atoms with Gasteiger partial charge in [-0.25, -0.2) is 4.79 Å². The third kappa shape index (κ3) is 3.55. The molecule has 1 unspecified atom stereocenters. The molecule has 0 aliphatic carbocycles. The normalized spacial score (nSPS) is 31.4. The van der Waals surface area contributed by atoms with Crippen molar-refractivity contribution in [3.63, 3.8) is 0 Å². The maximum absolute atomic E-state index is 12.0. The van der Waals surface area contributed by atoms with Gasteiger partial charge in [-0.3, -0.25) is 14.3 Å². The predicted octanol–water partition coefficient (Wildman–Crippen LogP) is 0.0366. The number of aromatic nitrogens is 2. The molecule has 0 bridgehead atoms. The lowest BCUT2D eigenvalue weighted by atomic mass is 10.1. The minimum absolute atomic E-state index is 0.203. The highest BCUT2D eigenvalue weighted by molar-refractivity contribution is 5.02. The van der Waals surface area contributed by atoms with Crippen LogP contribution in [0.15, 0.2) is 15.8 Å². The molecule has 0 amide bonds. The number of hydrogen-bond donors (Lipinski definition) is 2. The number of aliphatic hydroxyl groups excluding tert-OH is 1. The van der Waals surface area contributed by atoms with Crippen LogP contribution in [0.4, 0.5) is 0 Å². The molecule has 2 saturated heterocycles. The van der Waals surface area contributed by atoms with Gasteiger partial charge in [-0.1, -0.05) is 0 Å². The first kappa shape index (κ1) is 16.4. The molecular weight excluding hydrogens is 304 g/mol. The molecule has 0 radical (unpaired) electrons. The Morgan fingerprint density at radius 1 is 1.43 bits per heavy atom. The first-order valence-corrected chi connectivity index (χ1v) is 7.94. The van der Waals surface area contributed by atoms with Gasteiger partial charge in [0, 0.05) is 24.8 Å². The Hall–Kier alpha value is -1.48. The second-order valence-corrected chi connectivity index (χ2v) is 6.00. The third-order valence-electron chi connectivity index (χ3n) is 4.28. The number of nitrogens with one attached hydrogen (secondary N) is 1. The van der Waals surface area contributed by atoms with Crippen LogP contribution in [0.3, 0.4) is 0 Å². The van der Waals surface area contributed by atoms with Crippen LogP contribution >= 0.6 is 0 Å². The average Bonchev–Trinajstić information content (AvgIpc) is 2.94. The standard InChI is InChI=1S/C15H22N2O6/c1-9-7-17(15(20)16-14(9)19)12-6-10(11(8-18)22-12)23-13-4-2-3-5-21-13/h7,10-13,18H,2-6,8H2,1H3,(H,16,19,20)/t10-,11+,12+,13?/m0/s1. The zero-order valence-electron chi connectivity index (χ0n) is 13.1. The SMILES string of the molecule is Cc1cn([C@H]2C[C@H](OC3CCCCO3)[C@@H](CO)O2)c(=O)[nH]c1=O. The molecule has 3 rings (SSSR count). The van der Waals surface area contributed by atoms with E-state index in [0.717, 1.165) is 19.3 Å². The lowest BCUT2D eigenvalue weighted by Gasteiger charge is -2.27. The van der Waals surface area contributed by atoms with E-state index in [1.807, 2.05) is 0 Å². The molecule has 1 aromatic rings. The summed E-state index contributed by atoms with van der Waals surface area (Å²) in [7, 11) is 0. The van der Waals surface area contributed by atoms with Crippen molar-refractivity contribution < 1.29 is 19.3 Å². The fraction of sp³-hybridized carbons (Fsp3) is 0.733. The van der Waals surface area contributed by atoms with Crippen LogP contribution in [-0.4, -0.2) is 46.4 Å². The number of hydrogen-bond acceptors (Lipinski definition) is 6. The molecule has 0 aromatic carbocycles. The Bertz CT molecular complexity index is 648. The molecule has 23 heavy (non-hydrogen) atoms. The molecule has 3 heterocycles. The van der Waals surface area contributed by atoms with Gasteiger partial charge in [0.05, 0.1) is 12.7 Å². The first-order chi connectivity index (χ1) is 11.1. The summed E-state index contributed by atoms with van der Waals surface area (Å²) in [4.78, 5) is 25.7. The summed E-state index contributed by atoms with van der Waals surface area (Å²) < 4.78 is 18.5. The summed E-state index contributed by atoms with van der Waals surface area (Å²) in [6, 6.07) is 0. The zero-order chi connectivity index (χ0) is 16.4. The van der Waals surface area contributed by atoms with Crippen LogP contribution in [0.2, 0.25) is 0 Å². The first-order valence-electron chi connectivity index (χ1n) is 7.94. The number of nitrogens with zero attached hydrogens (tertiary/aromatic N) is 1. The van der Waals surface area contributed by atoms with E-state index in [1.165, 1.54) is 10.8 Å². The highest BCUT2D eigenvalue weighted by Crippen LogP contribution is 2.31. The van der Waals surface area contributed by atoms with E-state index in [4.69, 9.17) is 14.2 Å². The van der Waals surface area contributed by atoms with Crippen LogP contribution in [-0.2, 0) is 14.2 Å². The van der Waals surface area contributed by atoms with Crippen LogP contribution in [0, 0.1) is 6.92 Å². The Labute approximate surface area is 133 Å². The van der Waals surface area contributed by atoms with E-state index in [-0.39, 0.29) is 19.0 Å². The Morgan fingerprint density at radius 2 is 2.26 bits per heavy atom. The van der Waals surface area contributed by atoms with E-state index < -0.39 is 23.6 Å². The highest BCUT2D eigenvalue weighted by atomic mass is 16.7. The second kappa shape index (κ2) is 6.96. The number of rotatable bonds is 4. The maximum atomic E-state index is 12.0. The van der Waals surface area contributed by atoms with Crippen molar-refractivity contribution >= 4 is 0 Å². The van der Waals surface area contributed by atoms with Gasteiger partial charge in [-0.2, -0.15) is 0 Å². The van der Waals surface area contributed by atoms with Crippen LogP contribution in [0.5, 0.6) is 0 Å². The van der Waals surface area contributed by atoms with E-state index in [9.17, 15) is 14.7 Å². The molecule has 8 heteroatoms. The van der Waals surface area contributed by atoms with E-state index >= 15 is 0 Å². The summed E-state index contributed by atoms with van der Waals surface area (Å²) in [5, 5.41) is 9.51. The molecule has 128 valence electrons. The molecule has 4 atom stereocenters. The quantitative estimate of drug-likeness (QED) is 0.810. The molecule has 8 nitrogen and oxygen atoms in total. The van der Waals surface area contributed by atoms with Gasteiger partial charge in [0.15, 0.2) is 6.29 Å². The number of aliphatic hydroxyl groups is 1. The zero-order valence-corrected chi connectivity index (χ0v) is 13.1. The summed E-state index contributed by atoms with van der Waals surface area (Å²) in [5.41, 5.74) is -0.517. The summed E-state index contributed by atoms with van der Waals surface area (Å²) in [6.07, 6.45) is 3.02. The Balaban J connectivity index is 1.74. The molecule has 2 N–H and O–H groups in total.